The zero-order chi connectivity index (χ0) is 18.6. The van der Waals surface area contributed by atoms with E-state index >= 15 is 0 Å². The van der Waals surface area contributed by atoms with Gasteiger partial charge in [0.15, 0.2) is 5.16 Å². The molecule has 6 heteroatoms. The highest BCUT2D eigenvalue weighted by atomic mass is 32.2. The Bertz CT molecular complexity index is 1130. The van der Waals surface area contributed by atoms with Gasteiger partial charge in [-0.1, -0.05) is 42.1 Å². The maximum Gasteiger partial charge on any atom is 0.262 e. The van der Waals surface area contributed by atoms with Crippen LogP contribution in [0.5, 0.6) is 0 Å². The van der Waals surface area contributed by atoms with Crippen LogP contribution in [0.15, 0.2) is 82.9 Å². The summed E-state index contributed by atoms with van der Waals surface area (Å²) in [6.45, 7) is 0.350. The summed E-state index contributed by atoms with van der Waals surface area (Å²) in [5.41, 5.74) is 2.34. The van der Waals surface area contributed by atoms with Crippen LogP contribution in [0, 0.1) is 5.82 Å². The molecule has 0 bridgehead atoms. The number of hydrogen-bond donors (Lipinski definition) is 0. The second kappa shape index (κ2) is 7.72. The first kappa shape index (κ1) is 17.4. The van der Waals surface area contributed by atoms with Crippen molar-refractivity contribution in [1.82, 2.24) is 14.5 Å². The minimum Gasteiger partial charge on any atom is -0.281 e. The molecule has 0 saturated carbocycles. The summed E-state index contributed by atoms with van der Waals surface area (Å²) in [6.07, 6.45) is 1.71. The molecule has 2 aromatic heterocycles. The first-order chi connectivity index (χ1) is 13.2. The van der Waals surface area contributed by atoms with Crippen LogP contribution in [0.25, 0.3) is 10.9 Å². The average molecular weight is 377 g/mol. The van der Waals surface area contributed by atoms with Crippen molar-refractivity contribution in [3.8, 4) is 0 Å². The quantitative estimate of drug-likeness (QED) is 0.385. The minimum atomic E-state index is -0.264. The number of halogens is 1. The molecule has 0 spiro atoms. The van der Waals surface area contributed by atoms with Gasteiger partial charge in [-0.2, -0.15) is 0 Å². The molecule has 0 amide bonds. The molecule has 134 valence electrons. The van der Waals surface area contributed by atoms with Gasteiger partial charge in [0, 0.05) is 11.9 Å². The number of nitrogens with zero attached hydrogens (tertiary/aromatic N) is 3. The van der Waals surface area contributed by atoms with Gasteiger partial charge in [-0.3, -0.25) is 14.3 Å². The van der Waals surface area contributed by atoms with E-state index in [1.165, 1.54) is 23.9 Å². The van der Waals surface area contributed by atoms with E-state index in [1.807, 2.05) is 36.4 Å². The SMILES string of the molecule is O=c1c2ccccc2nc(SCc2ccc(F)cc2)n1Cc1ccccn1. The first-order valence-corrected chi connectivity index (χ1v) is 9.46. The van der Waals surface area contributed by atoms with Gasteiger partial charge >= 0.3 is 0 Å². The minimum absolute atomic E-state index is 0.0899. The summed E-state index contributed by atoms with van der Waals surface area (Å²) in [7, 11) is 0. The maximum absolute atomic E-state index is 13.1. The van der Waals surface area contributed by atoms with Crippen LogP contribution in [0.3, 0.4) is 0 Å². The fourth-order valence-electron chi connectivity index (χ4n) is 2.78. The molecular formula is C21H16FN3OS. The Balaban J connectivity index is 1.73. The summed E-state index contributed by atoms with van der Waals surface area (Å²) in [6, 6.07) is 19.3. The Morgan fingerprint density at radius 3 is 2.52 bits per heavy atom. The van der Waals surface area contributed by atoms with E-state index < -0.39 is 0 Å². The highest BCUT2D eigenvalue weighted by Gasteiger charge is 2.12. The molecule has 0 aliphatic rings. The highest BCUT2D eigenvalue weighted by Crippen LogP contribution is 2.23. The van der Waals surface area contributed by atoms with E-state index in [0.29, 0.717) is 28.4 Å². The standard InChI is InChI=1S/C21H16FN3OS/c22-16-10-8-15(9-11-16)14-27-21-24-19-7-2-1-6-18(19)20(26)25(21)13-17-5-3-4-12-23-17/h1-12H,13-14H2. The van der Waals surface area contributed by atoms with Crippen molar-refractivity contribution in [2.24, 2.45) is 0 Å². The lowest BCUT2D eigenvalue weighted by Crippen LogP contribution is -2.24. The average Bonchev–Trinajstić information content (AvgIpc) is 2.71. The molecule has 4 nitrogen and oxygen atoms in total. The van der Waals surface area contributed by atoms with Crippen molar-refractivity contribution < 1.29 is 4.39 Å². The second-order valence-corrected chi connectivity index (χ2v) is 6.98. The third kappa shape index (κ3) is 3.90. The Morgan fingerprint density at radius 1 is 0.963 bits per heavy atom. The third-order valence-corrected chi connectivity index (χ3v) is 5.20. The summed E-state index contributed by atoms with van der Waals surface area (Å²) in [5.74, 6) is 0.326. The molecule has 2 heterocycles. The van der Waals surface area contributed by atoms with Crippen molar-refractivity contribution in [3.05, 3.63) is 100 Å². The van der Waals surface area contributed by atoms with Crippen molar-refractivity contribution >= 4 is 22.7 Å². The van der Waals surface area contributed by atoms with Crippen molar-refractivity contribution in [3.63, 3.8) is 0 Å². The smallest absolute Gasteiger partial charge is 0.262 e. The van der Waals surface area contributed by atoms with E-state index in [9.17, 15) is 9.18 Å². The number of aromatic nitrogens is 3. The van der Waals surface area contributed by atoms with E-state index in [1.54, 1.807) is 29.0 Å². The van der Waals surface area contributed by atoms with Crippen LogP contribution in [-0.2, 0) is 12.3 Å². The van der Waals surface area contributed by atoms with Crippen LogP contribution in [0.1, 0.15) is 11.3 Å². The molecule has 0 aliphatic carbocycles. The summed E-state index contributed by atoms with van der Waals surface area (Å²) >= 11 is 1.46. The van der Waals surface area contributed by atoms with E-state index in [2.05, 4.69) is 9.97 Å². The monoisotopic (exact) mass is 377 g/mol. The van der Waals surface area contributed by atoms with Gasteiger partial charge in [0.05, 0.1) is 23.1 Å². The highest BCUT2D eigenvalue weighted by molar-refractivity contribution is 7.98. The summed E-state index contributed by atoms with van der Waals surface area (Å²) < 4.78 is 14.8. The molecule has 0 fully saturated rings. The van der Waals surface area contributed by atoms with Gasteiger partial charge in [-0.15, -0.1) is 0 Å². The summed E-state index contributed by atoms with van der Waals surface area (Å²) in [4.78, 5) is 22.1. The number of benzene rings is 2. The largest absolute Gasteiger partial charge is 0.281 e. The Kier molecular flexibility index (Phi) is 4.98. The molecule has 0 aliphatic heterocycles. The van der Waals surface area contributed by atoms with Gasteiger partial charge in [-0.05, 0) is 42.0 Å². The fourth-order valence-corrected chi connectivity index (χ4v) is 3.73. The summed E-state index contributed by atoms with van der Waals surface area (Å²) in [5, 5.41) is 1.20. The van der Waals surface area contributed by atoms with Crippen LogP contribution >= 0.6 is 11.8 Å². The van der Waals surface area contributed by atoms with Crippen LogP contribution in [0.2, 0.25) is 0 Å². The normalized spacial score (nSPS) is 11.0. The molecule has 0 unspecified atom stereocenters. The van der Waals surface area contributed by atoms with Crippen molar-refractivity contribution in [1.29, 1.82) is 0 Å². The number of para-hydroxylation sites is 1. The third-order valence-electron chi connectivity index (χ3n) is 4.15. The van der Waals surface area contributed by atoms with Crippen molar-refractivity contribution in [2.45, 2.75) is 17.5 Å². The molecular weight excluding hydrogens is 361 g/mol. The van der Waals surface area contributed by atoms with Crippen LogP contribution < -0.4 is 5.56 Å². The zero-order valence-electron chi connectivity index (χ0n) is 14.4. The Labute approximate surface area is 159 Å². The van der Waals surface area contributed by atoms with Gasteiger partial charge < -0.3 is 0 Å². The number of rotatable bonds is 5. The first-order valence-electron chi connectivity index (χ1n) is 8.47. The number of pyridine rings is 1. The molecule has 0 atom stereocenters. The molecule has 0 N–H and O–H groups in total. The molecule has 0 radical (unpaired) electrons. The predicted molar refractivity (Wildman–Crippen MR) is 105 cm³/mol. The molecule has 4 aromatic rings. The number of hydrogen-bond acceptors (Lipinski definition) is 4. The fraction of sp³-hybridized carbons (Fsp3) is 0.0952. The maximum atomic E-state index is 13.1. The number of thioether (sulfide) groups is 1. The lowest BCUT2D eigenvalue weighted by Gasteiger charge is -2.13. The molecule has 0 saturated heterocycles. The van der Waals surface area contributed by atoms with E-state index in [0.717, 1.165) is 11.3 Å². The molecule has 2 aromatic carbocycles. The van der Waals surface area contributed by atoms with E-state index in [4.69, 9.17) is 0 Å². The topological polar surface area (TPSA) is 47.8 Å². The van der Waals surface area contributed by atoms with Gasteiger partial charge in [0.25, 0.3) is 5.56 Å². The van der Waals surface area contributed by atoms with Gasteiger partial charge in [-0.25, -0.2) is 9.37 Å². The lowest BCUT2D eigenvalue weighted by atomic mass is 10.2. The Hall–Kier alpha value is -2.99. The lowest BCUT2D eigenvalue weighted by molar-refractivity contribution is 0.627. The van der Waals surface area contributed by atoms with Crippen LogP contribution in [0.4, 0.5) is 4.39 Å². The van der Waals surface area contributed by atoms with Gasteiger partial charge in [0.2, 0.25) is 0 Å². The van der Waals surface area contributed by atoms with E-state index in [-0.39, 0.29) is 11.4 Å². The molecule has 27 heavy (non-hydrogen) atoms. The second-order valence-electron chi connectivity index (χ2n) is 6.04. The predicted octanol–water partition coefficient (Wildman–Crippen LogP) is 4.27. The Morgan fingerprint density at radius 2 is 1.74 bits per heavy atom. The van der Waals surface area contributed by atoms with Gasteiger partial charge in [0.1, 0.15) is 5.82 Å². The molecule has 4 rings (SSSR count). The number of fused-ring (bicyclic) bond motifs is 1. The van der Waals surface area contributed by atoms with Crippen LogP contribution in [-0.4, -0.2) is 14.5 Å². The zero-order valence-corrected chi connectivity index (χ0v) is 15.2. The van der Waals surface area contributed by atoms with Crippen molar-refractivity contribution in [2.75, 3.05) is 0 Å².